The van der Waals surface area contributed by atoms with E-state index in [9.17, 15) is 18.8 Å². The van der Waals surface area contributed by atoms with E-state index < -0.39 is 30.1 Å². The second-order valence-corrected chi connectivity index (χ2v) is 5.75. The second kappa shape index (κ2) is 5.70. The lowest BCUT2D eigenvalue weighted by Gasteiger charge is -2.30. The Bertz CT molecular complexity index is 877. The van der Waals surface area contributed by atoms with Gasteiger partial charge in [0.05, 0.1) is 23.4 Å². The molecule has 2 aromatic rings. The average molecular weight is 340 g/mol. The molecule has 2 aromatic carbocycles. The third kappa shape index (κ3) is 2.44. The van der Waals surface area contributed by atoms with Crippen molar-refractivity contribution >= 4 is 23.4 Å². The lowest BCUT2D eigenvalue weighted by molar-refractivity contribution is -0.119. The molecule has 0 bridgehead atoms. The maximum absolute atomic E-state index is 13.5. The Morgan fingerprint density at radius 1 is 1.08 bits per heavy atom. The summed E-state index contributed by atoms with van der Waals surface area (Å²) in [5.74, 6) is -1.57. The van der Waals surface area contributed by atoms with Crippen LogP contribution in [0.4, 0.5) is 10.1 Å². The van der Waals surface area contributed by atoms with Gasteiger partial charge in [-0.2, -0.15) is 0 Å². The molecule has 0 atom stereocenters. The predicted molar refractivity (Wildman–Crippen MR) is 86.1 cm³/mol. The van der Waals surface area contributed by atoms with E-state index in [0.717, 1.165) is 4.90 Å². The largest absolute Gasteiger partial charge is 0.490 e. The number of halogens is 1. The van der Waals surface area contributed by atoms with Crippen LogP contribution in [-0.2, 0) is 4.79 Å². The van der Waals surface area contributed by atoms with Crippen molar-refractivity contribution in [3.05, 3.63) is 59.4 Å². The molecule has 126 valence electrons. The fourth-order valence-electron chi connectivity index (χ4n) is 3.05. The zero-order valence-corrected chi connectivity index (χ0v) is 13.1. The molecule has 2 aliphatic rings. The topological polar surface area (TPSA) is 66.9 Å². The third-order valence-electron chi connectivity index (χ3n) is 4.26. The van der Waals surface area contributed by atoms with Crippen LogP contribution in [-0.4, -0.2) is 42.3 Å². The van der Waals surface area contributed by atoms with Gasteiger partial charge < -0.3 is 9.64 Å². The first kappa shape index (κ1) is 15.3. The minimum Gasteiger partial charge on any atom is -0.490 e. The molecule has 25 heavy (non-hydrogen) atoms. The van der Waals surface area contributed by atoms with Gasteiger partial charge >= 0.3 is 0 Å². The van der Waals surface area contributed by atoms with Crippen LogP contribution in [0.15, 0.2) is 42.5 Å². The van der Waals surface area contributed by atoms with Gasteiger partial charge in [-0.3, -0.25) is 19.3 Å². The zero-order chi connectivity index (χ0) is 17.6. The van der Waals surface area contributed by atoms with Gasteiger partial charge in [0.2, 0.25) is 5.91 Å². The Kier molecular flexibility index (Phi) is 3.49. The molecule has 3 amide bonds. The first-order chi connectivity index (χ1) is 12.1. The highest BCUT2D eigenvalue weighted by Crippen LogP contribution is 2.32. The van der Waals surface area contributed by atoms with Crippen molar-refractivity contribution in [3.8, 4) is 5.75 Å². The number of hydrogen-bond donors (Lipinski definition) is 0. The number of benzene rings is 2. The number of amides is 3. The molecule has 2 aliphatic heterocycles. The van der Waals surface area contributed by atoms with Crippen molar-refractivity contribution in [1.29, 1.82) is 0 Å². The van der Waals surface area contributed by atoms with Crippen molar-refractivity contribution < 1.29 is 23.5 Å². The quantitative estimate of drug-likeness (QED) is 0.783. The van der Waals surface area contributed by atoms with Gasteiger partial charge in [-0.1, -0.05) is 12.1 Å². The van der Waals surface area contributed by atoms with Crippen molar-refractivity contribution in [3.63, 3.8) is 0 Å². The smallest absolute Gasteiger partial charge is 0.262 e. The molecule has 4 rings (SSSR count). The van der Waals surface area contributed by atoms with Crippen LogP contribution in [0.25, 0.3) is 0 Å². The maximum Gasteiger partial charge on any atom is 0.262 e. The predicted octanol–water partition coefficient (Wildman–Crippen LogP) is 1.85. The normalized spacial score (nSPS) is 15.7. The van der Waals surface area contributed by atoms with Gasteiger partial charge in [-0.25, -0.2) is 4.39 Å². The highest BCUT2D eigenvalue weighted by molar-refractivity contribution is 6.22. The molecule has 0 aliphatic carbocycles. The van der Waals surface area contributed by atoms with E-state index in [-0.39, 0.29) is 24.3 Å². The molecule has 0 radical (unpaired) electrons. The Morgan fingerprint density at radius 2 is 1.76 bits per heavy atom. The van der Waals surface area contributed by atoms with E-state index >= 15 is 0 Å². The summed E-state index contributed by atoms with van der Waals surface area (Å²) in [4.78, 5) is 39.7. The Balaban J connectivity index is 1.60. The lowest BCUT2D eigenvalue weighted by atomic mass is 10.1. The van der Waals surface area contributed by atoms with E-state index in [4.69, 9.17) is 4.74 Å². The van der Waals surface area contributed by atoms with E-state index in [2.05, 4.69) is 0 Å². The summed E-state index contributed by atoms with van der Waals surface area (Å²) in [6, 6.07) is 10.3. The number of anilines is 1. The van der Waals surface area contributed by atoms with Crippen LogP contribution in [0.5, 0.6) is 5.75 Å². The van der Waals surface area contributed by atoms with E-state index in [1.807, 2.05) is 0 Å². The molecule has 6 nitrogen and oxygen atoms in total. The molecule has 2 heterocycles. The van der Waals surface area contributed by atoms with Gasteiger partial charge in [0, 0.05) is 6.07 Å². The highest BCUT2D eigenvalue weighted by Gasteiger charge is 2.37. The molecule has 0 saturated carbocycles. The summed E-state index contributed by atoms with van der Waals surface area (Å²) in [6.07, 6.45) is 0. The number of imide groups is 1. The molecule has 0 N–H and O–H groups in total. The minimum absolute atomic E-state index is 0.221. The number of carbonyl (C=O) groups excluding carboxylic acids is 3. The van der Waals surface area contributed by atoms with Crippen molar-refractivity contribution in [2.24, 2.45) is 0 Å². The zero-order valence-electron chi connectivity index (χ0n) is 13.1. The molecule has 0 saturated heterocycles. The standard InChI is InChI=1S/C18H13FN2O4/c19-11-5-6-15-14(9-11)20(7-8-25-15)16(22)10-21-17(23)12-3-1-2-4-13(12)18(21)24/h1-6,9H,7-8,10H2. The number of hydrogen-bond acceptors (Lipinski definition) is 4. The number of carbonyl (C=O) groups is 3. The van der Waals surface area contributed by atoms with Crippen molar-refractivity contribution in [2.75, 3.05) is 24.6 Å². The third-order valence-corrected chi connectivity index (χ3v) is 4.26. The Hall–Kier alpha value is -3.22. The molecule has 0 fully saturated rings. The molecule has 0 spiro atoms. The summed E-state index contributed by atoms with van der Waals surface area (Å²) in [5, 5.41) is 0. The van der Waals surface area contributed by atoms with E-state index in [1.165, 1.54) is 23.1 Å². The minimum atomic E-state index is -0.498. The Labute approximate surface area is 142 Å². The molecule has 0 aromatic heterocycles. The highest BCUT2D eigenvalue weighted by atomic mass is 19.1. The van der Waals surface area contributed by atoms with Gasteiger partial charge in [0.15, 0.2) is 0 Å². The molecular weight excluding hydrogens is 327 g/mol. The molecule has 7 heteroatoms. The monoisotopic (exact) mass is 340 g/mol. The lowest BCUT2D eigenvalue weighted by Crippen LogP contribution is -2.45. The fraction of sp³-hybridized carbons (Fsp3) is 0.167. The van der Waals surface area contributed by atoms with Crippen LogP contribution in [0.2, 0.25) is 0 Å². The molecule has 0 unspecified atom stereocenters. The number of ether oxygens (including phenoxy) is 1. The fourth-order valence-corrected chi connectivity index (χ4v) is 3.05. The average Bonchev–Trinajstić information content (AvgIpc) is 2.86. The maximum atomic E-state index is 13.5. The summed E-state index contributed by atoms with van der Waals surface area (Å²) in [7, 11) is 0. The number of fused-ring (bicyclic) bond motifs is 2. The summed E-state index contributed by atoms with van der Waals surface area (Å²) < 4.78 is 18.9. The SMILES string of the molecule is O=C1c2ccccc2C(=O)N1CC(=O)N1CCOc2ccc(F)cc21. The number of rotatable bonds is 2. The molecular formula is C18H13FN2O4. The van der Waals surface area contributed by atoms with E-state index in [0.29, 0.717) is 11.4 Å². The second-order valence-electron chi connectivity index (χ2n) is 5.75. The van der Waals surface area contributed by atoms with Crippen LogP contribution < -0.4 is 9.64 Å². The van der Waals surface area contributed by atoms with Crippen LogP contribution >= 0.6 is 0 Å². The van der Waals surface area contributed by atoms with Crippen molar-refractivity contribution in [1.82, 2.24) is 4.90 Å². The Morgan fingerprint density at radius 3 is 2.44 bits per heavy atom. The summed E-state index contributed by atoms with van der Waals surface area (Å²) in [5.41, 5.74) is 0.871. The van der Waals surface area contributed by atoms with Gasteiger partial charge in [0.1, 0.15) is 24.7 Å². The van der Waals surface area contributed by atoms with E-state index in [1.54, 1.807) is 24.3 Å². The summed E-state index contributed by atoms with van der Waals surface area (Å²) in [6.45, 7) is 0.0766. The van der Waals surface area contributed by atoms with Crippen LogP contribution in [0, 0.1) is 5.82 Å². The van der Waals surface area contributed by atoms with Gasteiger partial charge in [-0.15, -0.1) is 0 Å². The van der Waals surface area contributed by atoms with Gasteiger partial charge in [-0.05, 0) is 24.3 Å². The number of nitrogens with zero attached hydrogens (tertiary/aromatic N) is 2. The van der Waals surface area contributed by atoms with Gasteiger partial charge in [0.25, 0.3) is 11.8 Å². The first-order valence-corrected chi connectivity index (χ1v) is 7.74. The van der Waals surface area contributed by atoms with Crippen molar-refractivity contribution in [2.45, 2.75) is 0 Å². The first-order valence-electron chi connectivity index (χ1n) is 7.74. The van der Waals surface area contributed by atoms with Crippen LogP contribution in [0.1, 0.15) is 20.7 Å². The summed E-state index contributed by atoms with van der Waals surface area (Å²) >= 11 is 0. The van der Waals surface area contributed by atoms with Crippen LogP contribution in [0.3, 0.4) is 0 Å².